The van der Waals surface area contributed by atoms with E-state index in [0.717, 1.165) is 44.2 Å². The third-order valence-electron chi connectivity index (χ3n) is 5.56. The number of morpholine rings is 1. The average molecular weight is 409 g/mol. The smallest absolute Gasteiger partial charge is 0.247 e. The summed E-state index contributed by atoms with van der Waals surface area (Å²) >= 11 is 0. The van der Waals surface area contributed by atoms with Gasteiger partial charge < -0.3 is 18.8 Å². The number of benzene rings is 2. The Bertz CT molecular complexity index is 951. The highest BCUT2D eigenvalue weighted by Gasteiger charge is 2.21. The standard InChI is InChI=1S/C23H28N4O3/c1-17(22-24-25-23(30-22)18-8-10-20(28-3)11-9-18)26(2)16-19-6-4-5-7-21(19)27-12-14-29-15-13-27/h4-11,17H,12-16H2,1-3H3. The molecule has 1 saturated heterocycles. The molecule has 0 bridgehead atoms. The summed E-state index contributed by atoms with van der Waals surface area (Å²) < 4.78 is 16.7. The molecule has 1 fully saturated rings. The van der Waals surface area contributed by atoms with Gasteiger partial charge in [-0.05, 0) is 49.9 Å². The van der Waals surface area contributed by atoms with Crippen LogP contribution < -0.4 is 9.64 Å². The Morgan fingerprint density at radius 2 is 1.80 bits per heavy atom. The van der Waals surface area contributed by atoms with Crippen LogP contribution in [-0.2, 0) is 11.3 Å². The molecule has 30 heavy (non-hydrogen) atoms. The molecule has 0 saturated carbocycles. The summed E-state index contributed by atoms with van der Waals surface area (Å²) in [5.41, 5.74) is 3.43. The largest absolute Gasteiger partial charge is 0.497 e. The quantitative estimate of drug-likeness (QED) is 0.590. The zero-order valence-corrected chi connectivity index (χ0v) is 17.7. The Hall–Kier alpha value is -2.90. The third kappa shape index (κ3) is 4.47. The van der Waals surface area contributed by atoms with E-state index in [-0.39, 0.29) is 6.04 Å². The van der Waals surface area contributed by atoms with E-state index in [1.165, 1.54) is 11.3 Å². The Labute approximate surface area is 177 Å². The summed E-state index contributed by atoms with van der Waals surface area (Å²) in [4.78, 5) is 4.62. The van der Waals surface area contributed by atoms with Crippen LogP contribution in [0.1, 0.15) is 24.4 Å². The van der Waals surface area contributed by atoms with Gasteiger partial charge in [-0.25, -0.2) is 0 Å². The van der Waals surface area contributed by atoms with Crippen molar-refractivity contribution >= 4 is 5.69 Å². The molecule has 0 N–H and O–H groups in total. The van der Waals surface area contributed by atoms with Crippen molar-refractivity contribution in [3.05, 3.63) is 60.0 Å². The number of para-hydroxylation sites is 1. The summed E-state index contributed by atoms with van der Waals surface area (Å²) in [5, 5.41) is 8.53. The van der Waals surface area contributed by atoms with Gasteiger partial charge in [0.25, 0.3) is 0 Å². The van der Waals surface area contributed by atoms with Crippen molar-refractivity contribution in [2.45, 2.75) is 19.5 Å². The fourth-order valence-electron chi connectivity index (χ4n) is 3.61. The number of hydrogen-bond acceptors (Lipinski definition) is 7. The molecule has 0 spiro atoms. The first-order valence-corrected chi connectivity index (χ1v) is 10.2. The minimum atomic E-state index is -0.0118. The van der Waals surface area contributed by atoms with E-state index in [9.17, 15) is 0 Å². The average Bonchev–Trinajstić information content (AvgIpc) is 3.30. The van der Waals surface area contributed by atoms with Crippen LogP contribution in [0.25, 0.3) is 11.5 Å². The lowest BCUT2D eigenvalue weighted by molar-refractivity contribution is 0.122. The van der Waals surface area contributed by atoms with Crippen molar-refractivity contribution in [2.24, 2.45) is 0 Å². The lowest BCUT2D eigenvalue weighted by Gasteiger charge is -2.32. The second-order valence-corrected chi connectivity index (χ2v) is 7.49. The first kappa shape index (κ1) is 20.4. The molecular weight excluding hydrogens is 380 g/mol. The number of anilines is 1. The van der Waals surface area contributed by atoms with E-state index in [2.05, 4.69) is 58.2 Å². The number of nitrogens with zero attached hydrogens (tertiary/aromatic N) is 4. The van der Waals surface area contributed by atoms with Gasteiger partial charge in [-0.2, -0.15) is 0 Å². The Morgan fingerprint density at radius 3 is 2.53 bits per heavy atom. The van der Waals surface area contributed by atoms with Gasteiger partial charge in [0.15, 0.2) is 0 Å². The van der Waals surface area contributed by atoms with E-state index >= 15 is 0 Å². The maximum absolute atomic E-state index is 5.98. The van der Waals surface area contributed by atoms with Gasteiger partial charge in [-0.15, -0.1) is 10.2 Å². The third-order valence-corrected chi connectivity index (χ3v) is 5.56. The lowest BCUT2D eigenvalue weighted by atomic mass is 10.1. The van der Waals surface area contributed by atoms with Crippen LogP contribution in [0.3, 0.4) is 0 Å². The highest BCUT2D eigenvalue weighted by molar-refractivity contribution is 5.55. The minimum absolute atomic E-state index is 0.0118. The molecule has 1 aliphatic rings. The maximum Gasteiger partial charge on any atom is 0.247 e. The van der Waals surface area contributed by atoms with Crippen LogP contribution in [0.2, 0.25) is 0 Å². The van der Waals surface area contributed by atoms with Crippen molar-refractivity contribution in [3.63, 3.8) is 0 Å². The predicted molar refractivity (Wildman–Crippen MR) is 116 cm³/mol. The molecule has 2 aromatic carbocycles. The normalized spacial score (nSPS) is 15.4. The highest BCUT2D eigenvalue weighted by Crippen LogP contribution is 2.28. The molecule has 2 heterocycles. The molecule has 1 aliphatic heterocycles. The molecule has 7 heteroatoms. The zero-order chi connectivity index (χ0) is 20.9. The van der Waals surface area contributed by atoms with E-state index in [1.807, 2.05) is 24.3 Å². The molecular formula is C23H28N4O3. The van der Waals surface area contributed by atoms with Gasteiger partial charge >= 0.3 is 0 Å². The molecule has 7 nitrogen and oxygen atoms in total. The van der Waals surface area contributed by atoms with E-state index in [1.54, 1.807) is 7.11 Å². The lowest BCUT2D eigenvalue weighted by Crippen LogP contribution is -2.37. The summed E-state index contributed by atoms with van der Waals surface area (Å²) in [5.74, 6) is 1.92. The van der Waals surface area contributed by atoms with Crippen molar-refractivity contribution in [2.75, 3.05) is 45.4 Å². The van der Waals surface area contributed by atoms with Crippen LogP contribution in [-0.4, -0.2) is 55.6 Å². The maximum atomic E-state index is 5.98. The Balaban J connectivity index is 1.47. The summed E-state index contributed by atoms with van der Waals surface area (Å²) in [6.45, 7) is 6.27. The van der Waals surface area contributed by atoms with Crippen LogP contribution in [0.5, 0.6) is 5.75 Å². The molecule has 0 aliphatic carbocycles. The highest BCUT2D eigenvalue weighted by atomic mass is 16.5. The molecule has 3 aromatic rings. The van der Waals surface area contributed by atoms with Gasteiger partial charge in [0.1, 0.15) is 5.75 Å². The Kier molecular flexibility index (Phi) is 6.30. The summed E-state index contributed by atoms with van der Waals surface area (Å²) in [6.07, 6.45) is 0. The van der Waals surface area contributed by atoms with Crippen LogP contribution in [0.4, 0.5) is 5.69 Å². The number of rotatable bonds is 7. The number of aromatic nitrogens is 2. The predicted octanol–water partition coefficient (Wildman–Crippen LogP) is 3.77. The topological polar surface area (TPSA) is 63.9 Å². The summed E-state index contributed by atoms with van der Waals surface area (Å²) in [7, 11) is 3.73. The van der Waals surface area contributed by atoms with Gasteiger partial charge in [-0.3, -0.25) is 4.90 Å². The molecule has 1 unspecified atom stereocenters. The second kappa shape index (κ2) is 9.28. The van der Waals surface area contributed by atoms with E-state index in [4.69, 9.17) is 13.9 Å². The van der Waals surface area contributed by atoms with Gasteiger partial charge in [0.2, 0.25) is 11.8 Å². The SMILES string of the molecule is COc1ccc(-c2nnc(C(C)N(C)Cc3ccccc3N3CCOCC3)o2)cc1. The van der Waals surface area contributed by atoms with E-state index in [0.29, 0.717) is 11.8 Å². The van der Waals surface area contributed by atoms with Crippen LogP contribution in [0.15, 0.2) is 52.9 Å². The van der Waals surface area contributed by atoms with Gasteiger partial charge in [0.05, 0.1) is 26.4 Å². The molecule has 0 amide bonds. The number of ether oxygens (including phenoxy) is 2. The zero-order valence-electron chi connectivity index (χ0n) is 17.7. The van der Waals surface area contributed by atoms with Crippen molar-refractivity contribution in [1.82, 2.24) is 15.1 Å². The molecule has 1 atom stereocenters. The first-order valence-electron chi connectivity index (χ1n) is 10.2. The molecule has 1 aromatic heterocycles. The molecule has 158 valence electrons. The number of methoxy groups -OCH3 is 1. The molecule has 0 radical (unpaired) electrons. The monoisotopic (exact) mass is 408 g/mol. The first-order chi connectivity index (χ1) is 14.7. The van der Waals surface area contributed by atoms with Crippen LogP contribution >= 0.6 is 0 Å². The Morgan fingerprint density at radius 1 is 1.07 bits per heavy atom. The number of hydrogen-bond donors (Lipinski definition) is 0. The second-order valence-electron chi connectivity index (χ2n) is 7.49. The molecule has 4 rings (SSSR count). The fourth-order valence-corrected chi connectivity index (χ4v) is 3.61. The summed E-state index contributed by atoms with van der Waals surface area (Å²) in [6, 6.07) is 16.2. The van der Waals surface area contributed by atoms with Crippen molar-refractivity contribution < 1.29 is 13.9 Å². The van der Waals surface area contributed by atoms with Crippen molar-refractivity contribution in [1.29, 1.82) is 0 Å². The minimum Gasteiger partial charge on any atom is -0.497 e. The fraction of sp³-hybridized carbons (Fsp3) is 0.391. The van der Waals surface area contributed by atoms with Gasteiger partial charge in [-0.1, -0.05) is 18.2 Å². The van der Waals surface area contributed by atoms with Crippen LogP contribution in [0, 0.1) is 0 Å². The van der Waals surface area contributed by atoms with Gasteiger partial charge in [0, 0.05) is 30.9 Å². The van der Waals surface area contributed by atoms with Crippen molar-refractivity contribution in [3.8, 4) is 17.2 Å². The van der Waals surface area contributed by atoms with E-state index < -0.39 is 0 Å².